The zero-order valence-electron chi connectivity index (χ0n) is 17.2. The number of nitrogens with one attached hydrogen (secondary N) is 3. The molecule has 33 heavy (non-hydrogen) atoms. The van der Waals surface area contributed by atoms with E-state index < -0.39 is 11.7 Å². The molecule has 3 N–H and O–H groups in total. The van der Waals surface area contributed by atoms with Gasteiger partial charge < -0.3 is 10.6 Å². The molecule has 0 aliphatic heterocycles. The summed E-state index contributed by atoms with van der Waals surface area (Å²) in [5.74, 6) is -1.50. The summed E-state index contributed by atoms with van der Waals surface area (Å²) in [6, 6.07) is 14.3. The third-order valence-corrected chi connectivity index (χ3v) is 6.04. The van der Waals surface area contributed by atoms with Crippen molar-refractivity contribution in [3.63, 3.8) is 0 Å². The molecule has 4 rings (SSSR count). The summed E-state index contributed by atoms with van der Waals surface area (Å²) in [6.45, 7) is 1.34. The first-order chi connectivity index (χ1) is 15.9. The first-order valence-electron chi connectivity index (χ1n) is 9.68. The zero-order chi connectivity index (χ0) is 23.4. The highest BCUT2D eigenvalue weighted by molar-refractivity contribution is 7.14. The zero-order valence-corrected chi connectivity index (χ0v) is 18.9. The summed E-state index contributed by atoms with van der Waals surface area (Å²) in [7, 11) is 0. The standard InChI is InChI=1S/C23H17FN4O3S2/c1-13(29)25-16-7-8-17(18(24)11-16)19-12-33-23(27-19)28-21(30)14-4-2-5-15(10-14)26-22(31)20-6-3-9-32-20/h2-12H,1H3,(H,25,29)(H,26,31)(H,27,28,30). The Labute approximate surface area is 196 Å². The van der Waals surface area contributed by atoms with Crippen molar-refractivity contribution < 1.29 is 18.8 Å². The van der Waals surface area contributed by atoms with E-state index in [1.165, 1.54) is 30.4 Å². The van der Waals surface area contributed by atoms with Crippen molar-refractivity contribution in [1.82, 2.24) is 4.98 Å². The van der Waals surface area contributed by atoms with Gasteiger partial charge in [0, 0.05) is 34.8 Å². The van der Waals surface area contributed by atoms with Crippen LogP contribution in [0.5, 0.6) is 0 Å². The fourth-order valence-corrected chi connectivity index (χ4v) is 4.29. The van der Waals surface area contributed by atoms with Crippen LogP contribution < -0.4 is 16.0 Å². The van der Waals surface area contributed by atoms with Crippen LogP contribution in [0.4, 0.5) is 20.9 Å². The number of benzene rings is 2. The Morgan fingerprint density at radius 3 is 2.42 bits per heavy atom. The molecule has 0 unspecified atom stereocenters. The van der Waals surface area contributed by atoms with Crippen LogP contribution in [0.3, 0.4) is 0 Å². The van der Waals surface area contributed by atoms with Gasteiger partial charge in [-0.25, -0.2) is 9.37 Å². The molecule has 0 radical (unpaired) electrons. The minimum atomic E-state index is -0.543. The predicted octanol–water partition coefficient (Wildman–Crippen LogP) is 5.47. The number of amides is 3. The largest absolute Gasteiger partial charge is 0.326 e. The highest BCUT2D eigenvalue weighted by Crippen LogP contribution is 2.29. The van der Waals surface area contributed by atoms with Crippen molar-refractivity contribution in [3.05, 3.63) is 81.6 Å². The number of halogens is 1. The Morgan fingerprint density at radius 1 is 0.879 bits per heavy atom. The Hall–Kier alpha value is -3.89. The number of aromatic nitrogens is 1. The van der Waals surface area contributed by atoms with Crippen LogP contribution in [0.25, 0.3) is 11.3 Å². The summed E-state index contributed by atoms with van der Waals surface area (Å²) < 4.78 is 14.5. The van der Waals surface area contributed by atoms with E-state index in [1.807, 2.05) is 5.38 Å². The molecule has 0 atom stereocenters. The van der Waals surface area contributed by atoms with Gasteiger partial charge in [-0.3, -0.25) is 19.7 Å². The maximum atomic E-state index is 14.5. The van der Waals surface area contributed by atoms with Crippen LogP contribution in [0.2, 0.25) is 0 Å². The van der Waals surface area contributed by atoms with Gasteiger partial charge in [-0.2, -0.15) is 0 Å². The van der Waals surface area contributed by atoms with Crippen molar-refractivity contribution in [1.29, 1.82) is 0 Å². The molecule has 0 aliphatic carbocycles. The van der Waals surface area contributed by atoms with Gasteiger partial charge in [-0.1, -0.05) is 12.1 Å². The number of anilines is 3. The third-order valence-electron chi connectivity index (χ3n) is 4.42. The summed E-state index contributed by atoms with van der Waals surface area (Å²) >= 11 is 2.48. The van der Waals surface area contributed by atoms with Gasteiger partial charge in [0.1, 0.15) is 5.82 Å². The summed E-state index contributed by atoms with van der Waals surface area (Å²) in [5, 5.41) is 11.7. The van der Waals surface area contributed by atoms with E-state index in [0.29, 0.717) is 32.6 Å². The summed E-state index contributed by atoms with van der Waals surface area (Å²) in [6.07, 6.45) is 0. The first-order valence-corrected chi connectivity index (χ1v) is 11.4. The molecule has 3 amide bonds. The fourth-order valence-electron chi connectivity index (χ4n) is 2.97. The molecule has 7 nitrogen and oxygen atoms in total. The molecule has 0 aliphatic rings. The number of carbonyl (C=O) groups excluding carboxylic acids is 3. The number of carbonyl (C=O) groups is 3. The van der Waals surface area contributed by atoms with Crippen molar-refractivity contribution in [2.24, 2.45) is 0 Å². The van der Waals surface area contributed by atoms with Crippen molar-refractivity contribution in [2.45, 2.75) is 6.92 Å². The van der Waals surface area contributed by atoms with E-state index in [9.17, 15) is 18.8 Å². The molecule has 2 heterocycles. The molecular formula is C23H17FN4O3S2. The maximum Gasteiger partial charge on any atom is 0.265 e. The lowest BCUT2D eigenvalue weighted by atomic mass is 10.1. The van der Waals surface area contributed by atoms with Crippen LogP contribution in [0.1, 0.15) is 27.0 Å². The first kappa shape index (κ1) is 22.3. The molecule has 0 fully saturated rings. The van der Waals surface area contributed by atoms with Crippen LogP contribution in [0.15, 0.2) is 65.4 Å². The smallest absolute Gasteiger partial charge is 0.265 e. The predicted molar refractivity (Wildman–Crippen MR) is 128 cm³/mol. The molecule has 4 aromatic rings. The second kappa shape index (κ2) is 9.72. The van der Waals surface area contributed by atoms with Crippen LogP contribution in [-0.2, 0) is 4.79 Å². The third kappa shape index (κ3) is 5.48. The Kier molecular flexibility index (Phi) is 6.57. The topological polar surface area (TPSA) is 100 Å². The van der Waals surface area contributed by atoms with Gasteiger partial charge in [0.25, 0.3) is 11.8 Å². The number of hydrogen-bond donors (Lipinski definition) is 3. The number of nitrogens with zero attached hydrogens (tertiary/aromatic N) is 1. The van der Waals surface area contributed by atoms with Crippen molar-refractivity contribution in [3.8, 4) is 11.3 Å². The molecule has 0 saturated heterocycles. The van der Waals surface area contributed by atoms with E-state index >= 15 is 0 Å². The van der Waals surface area contributed by atoms with E-state index in [0.717, 1.165) is 11.3 Å². The molecule has 2 aromatic carbocycles. The van der Waals surface area contributed by atoms with E-state index in [-0.39, 0.29) is 17.4 Å². The fraction of sp³-hybridized carbons (Fsp3) is 0.0435. The Bertz CT molecular complexity index is 1340. The van der Waals surface area contributed by atoms with Gasteiger partial charge >= 0.3 is 0 Å². The van der Waals surface area contributed by atoms with Crippen LogP contribution >= 0.6 is 22.7 Å². The number of thiazole rings is 1. The summed E-state index contributed by atoms with van der Waals surface area (Å²) in [4.78, 5) is 40.9. The molecule has 2 aromatic heterocycles. The van der Waals surface area contributed by atoms with Crippen LogP contribution in [0, 0.1) is 5.82 Å². The van der Waals surface area contributed by atoms with Crippen molar-refractivity contribution >= 4 is 56.9 Å². The second-order valence-corrected chi connectivity index (χ2v) is 8.69. The highest BCUT2D eigenvalue weighted by atomic mass is 32.1. The van der Waals surface area contributed by atoms with Gasteiger partial charge in [0.2, 0.25) is 5.91 Å². The lowest BCUT2D eigenvalue weighted by Crippen LogP contribution is -2.14. The van der Waals surface area contributed by atoms with E-state index in [2.05, 4.69) is 20.9 Å². The highest BCUT2D eigenvalue weighted by Gasteiger charge is 2.14. The number of rotatable bonds is 6. The van der Waals surface area contributed by atoms with Gasteiger partial charge in [-0.05, 0) is 47.8 Å². The molecule has 0 spiro atoms. The molecular weight excluding hydrogens is 463 g/mol. The Morgan fingerprint density at radius 2 is 1.70 bits per heavy atom. The van der Waals surface area contributed by atoms with E-state index in [1.54, 1.807) is 47.8 Å². The minimum absolute atomic E-state index is 0.249. The SMILES string of the molecule is CC(=O)Nc1ccc(-c2csc(NC(=O)c3cccc(NC(=O)c4cccs4)c3)n2)c(F)c1. The summed E-state index contributed by atoms with van der Waals surface area (Å²) in [5.41, 5.74) is 1.78. The number of thiophene rings is 1. The average molecular weight is 481 g/mol. The quantitative estimate of drug-likeness (QED) is 0.340. The van der Waals surface area contributed by atoms with E-state index in [4.69, 9.17) is 0 Å². The average Bonchev–Trinajstić information content (AvgIpc) is 3.46. The number of hydrogen-bond acceptors (Lipinski definition) is 6. The molecule has 0 bridgehead atoms. The van der Waals surface area contributed by atoms with Gasteiger partial charge in [0.15, 0.2) is 5.13 Å². The monoisotopic (exact) mass is 480 g/mol. The van der Waals surface area contributed by atoms with Crippen LogP contribution in [-0.4, -0.2) is 22.7 Å². The van der Waals surface area contributed by atoms with Crippen molar-refractivity contribution in [2.75, 3.05) is 16.0 Å². The minimum Gasteiger partial charge on any atom is -0.326 e. The molecule has 0 saturated carbocycles. The Balaban J connectivity index is 1.45. The van der Waals surface area contributed by atoms with Gasteiger partial charge in [-0.15, -0.1) is 22.7 Å². The molecule has 10 heteroatoms. The lowest BCUT2D eigenvalue weighted by molar-refractivity contribution is -0.114. The maximum absolute atomic E-state index is 14.5. The second-order valence-electron chi connectivity index (χ2n) is 6.88. The molecule has 166 valence electrons. The lowest BCUT2D eigenvalue weighted by Gasteiger charge is -2.07. The van der Waals surface area contributed by atoms with Gasteiger partial charge in [0.05, 0.1) is 10.6 Å². The normalized spacial score (nSPS) is 10.5.